The van der Waals surface area contributed by atoms with Crippen LogP contribution in [0, 0.1) is 17.8 Å². The van der Waals surface area contributed by atoms with E-state index >= 15 is 0 Å². The van der Waals surface area contributed by atoms with Gasteiger partial charge in [-0.05, 0) is 56.3 Å². The Hall–Kier alpha value is -0.260. The third-order valence-electron chi connectivity index (χ3n) is 5.89. The van der Waals surface area contributed by atoms with Crippen LogP contribution < -0.4 is 5.32 Å². The van der Waals surface area contributed by atoms with Gasteiger partial charge in [0, 0.05) is 4.75 Å². The molecule has 5 rings (SSSR count). The number of ether oxygens (including phenoxy) is 1. The number of carbonyl (C=O) groups excluding carboxylic acids is 1. The van der Waals surface area contributed by atoms with Gasteiger partial charge in [-0.3, -0.25) is 4.79 Å². The van der Waals surface area contributed by atoms with E-state index in [-0.39, 0.29) is 11.9 Å². The van der Waals surface area contributed by atoms with E-state index in [2.05, 4.69) is 5.32 Å². The van der Waals surface area contributed by atoms with Gasteiger partial charge in [-0.2, -0.15) is 0 Å². The van der Waals surface area contributed by atoms with Crippen molar-refractivity contribution in [1.29, 1.82) is 0 Å². The zero-order valence-electron chi connectivity index (χ0n) is 12.4. The topological polar surface area (TPSA) is 58.6 Å². The highest BCUT2D eigenvalue weighted by Gasteiger charge is 2.51. The van der Waals surface area contributed by atoms with Gasteiger partial charge in [0.05, 0.1) is 31.1 Å². The van der Waals surface area contributed by atoms with Crippen LogP contribution in [0.15, 0.2) is 0 Å². The molecule has 0 unspecified atom stereocenters. The smallest absolute Gasteiger partial charge is 0.230 e. The first-order valence-corrected chi connectivity index (χ1v) is 9.30. The molecule has 0 spiro atoms. The summed E-state index contributed by atoms with van der Waals surface area (Å²) in [5.41, 5.74) is 0. The molecule has 4 nitrogen and oxygen atoms in total. The first kappa shape index (κ1) is 14.3. The third kappa shape index (κ3) is 2.84. The maximum atomic E-state index is 12.1. The molecule has 2 atom stereocenters. The van der Waals surface area contributed by atoms with Crippen LogP contribution in [0.3, 0.4) is 0 Å². The summed E-state index contributed by atoms with van der Waals surface area (Å²) in [4.78, 5) is 12.1. The Kier molecular flexibility index (Phi) is 3.71. The Morgan fingerprint density at radius 2 is 1.76 bits per heavy atom. The Labute approximate surface area is 130 Å². The van der Waals surface area contributed by atoms with Crippen molar-refractivity contribution in [2.45, 2.75) is 55.4 Å². The number of nitrogens with one attached hydrogen (secondary N) is 1. The Morgan fingerprint density at radius 3 is 2.29 bits per heavy atom. The molecule has 2 N–H and O–H groups in total. The van der Waals surface area contributed by atoms with Crippen molar-refractivity contribution in [3.8, 4) is 0 Å². The van der Waals surface area contributed by atoms with Crippen LogP contribution in [-0.2, 0) is 9.53 Å². The molecular weight excluding hydrogens is 286 g/mol. The normalized spacial score (nSPS) is 47.8. The van der Waals surface area contributed by atoms with E-state index in [1.807, 2.05) is 11.8 Å². The van der Waals surface area contributed by atoms with Gasteiger partial charge in [0.1, 0.15) is 0 Å². The summed E-state index contributed by atoms with van der Waals surface area (Å²) >= 11 is 1.89. The van der Waals surface area contributed by atoms with E-state index in [0.29, 0.717) is 23.7 Å². The minimum Gasteiger partial charge on any atom is -0.388 e. The second-order valence-corrected chi connectivity index (χ2v) is 9.11. The number of thioether (sulfide) groups is 1. The summed E-state index contributed by atoms with van der Waals surface area (Å²) in [6.45, 7) is 0.780. The molecule has 1 amide bonds. The van der Waals surface area contributed by atoms with Crippen LogP contribution in [0.25, 0.3) is 0 Å². The lowest BCUT2D eigenvalue weighted by atomic mass is 9.56. The molecule has 5 heteroatoms. The Balaban J connectivity index is 1.31. The van der Waals surface area contributed by atoms with Crippen molar-refractivity contribution in [1.82, 2.24) is 5.32 Å². The highest BCUT2D eigenvalue weighted by molar-refractivity contribution is 8.01. The molecule has 1 heterocycles. The van der Waals surface area contributed by atoms with Crippen molar-refractivity contribution in [2.24, 2.45) is 17.8 Å². The van der Waals surface area contributed by atoms with Crippen LogP contribution in [-0.4, -0.2) is 46.9 Å². The second-order valence-electron chi connectivity index (χ2n) is 7.67. The third-order valence-corrected chi connectivity index (χ3v) is 7.41. The fourth-order valence-electron chi connectivity index (χ4n) is 5.36. The zero-order chi connectivity index (χ0) is 14.4. The molecule has 0 aromatic heterocycles. The number of carbonyl (C=O) groups is 1. The van der Waals surface area contributed by atoms with Crippen molar-refractivity contribution >= 4 is 17.7 Å². The average molecular weight is 311 g/mol. The van der Waals surface area contributed by atoms with Gasteiger partial charge in [-0.1, -0.05) is 0 Å². The molecule has 21 heavy (non-hydrogen) atoms. The summed E-state index contributed by atoms with van der Waals surface area (Å²) in [5, 5.41) is 12.6. The van der Waals surface area contributed by atoms with Crippen LogP contribution in [0.2, 0.25) is 0 Å². The van der Waals surface area contributed by atoms with Gasteiger partial charge in [-0.15, -0.1) is 11.8 Å². The molecule has 0 aromatic rings. The van der Waals surface area contributed by atoms with Gasteiger partial charge < -0.3 is 15.2 Å². The zero-order valence-corrected chi connectivity index (χ0v) is 13.2. The Bertz CT molecular complexity index is 392. The molecule has 4 saturated carbocycles. The van der Waals surface area contributed by atoms with E-state index in [4.69, 9.17) is 4.74 Å². The summed E-state index contributed by atoms with van der Waals surface area (Å²) in [7, 11) is 0. The maximum absolute atomic E-state index is 12.1. The van der Waals surface area contributed by atoms with Crippen LogP contribution in [0.4, 0.5) is 0 Å². The summed E-state index contributed by atoms with van der Waals surface area (Å²) in [6.07, 6.45) is 7.76. The predicted molar refractivity (Wildman–Crippen MR) is 82.1 cm³/mol. The first-order chi connectivity index (χ1) is 10.1. The molecule has 118 valence electrons. The molecule has 4 bridgehead atoms. The molecule has 1 saturated heterocycles. The number of rotatable bonds is 4. The monoisotopic (exact) mass is 311 g/mol. The fraction of sp³-hybridized carbons (Fsp3) is 0.938. The predicted octanol–water partition coefficient (Wildman–Crippen LogP) is 1.56. The van der Waals surface area contributed by atoms with Crippen LogP contribution in [0.1, 0.15) is 38.5 Å². The number of amides is 1. The first-order valence-electron chi connectivity index (χ1n) is 8.31. The lowest BCUT2D eigenvalue weighted by Gasteiger charge is -2.56. The van der Waals surface area contributed by atoms with Crippen molar-refractivity contribution < 1.29 is 14.6 Å². The number of hydrogen-bond donors (Lipinski definition) is 2. The Morgan fingerprint density at radius 1 is 1.14 bits per heavy atom. The number of aliphatic hydroxyl groups excluding tert-OH is 1. The largest absolute Gasteiger partial charge is 0.388 e. The van der Waals surface area contributed by atoms with Crippen molar-refractivity contribution in [3.63, 3.8) is 0 Å². The minimum absolute atomic E-state index is 0.0605. The second kappa shape index (κ2) is 5.43. The van der Waals surface area contributed by atoms with E-state index in [1.54, 1.807) is 0 Å². The molecule has 1 aliphatic heterocycles. The van der Waals surface area contributed by atoms with Crippen molar-refractivity contribution in [2.75, 3.05) is 19.0 Å². The van der Waals surface area contributed by atoms with Crippen LogP contribution >= 0.6 is 11.8 Å². The molecular formula is C16H25NO3S. The highest BCUT2D eigenvalue weighted by atomic mass is 32.2. The highest BCUT2D eigenvalue weighted by Crippen LogP contribution is 2.60. The minimum atomic E-state index is -0.543. The van der Waals surface area contributed by atoms with E-state index in [0.717, 1.165) is 17.8 Å². The fourth-order valence-corrected chi connectivity index (χ4v) is 6.94. The van der Waals surface area contributed by atoms with Gasteiger partial charge in [0.25, 0.3) is 0 Å². The van der Waals surface area contributed by atoms with Gasteiger partial charge >= 0.3 is 0 Å². The van der Waals surface area contributed by atoms with E-state index < -0.39 is 6.10 Å². The molecule has 0 aromatic carbocycles. The standard InChI is InChI=1S/C16H25NO3S/c18-14-8-20-7-13(14)17-15(19)9-21-16-4-10-1-11(5-16)3-12(2-10)6-16/h10-14,18H,1-9H2,(H,17,19)/t10?,11?,12?,13-,14-,16?/m0/s1. The summed E-state index contributed by atoms with van der Waals surface area (Å²) in [5.74, 6) is 3.38. The van der Waals surface area contributed by atoms with Gasteiger partial charge in [0.15, 0.2) is 0 Å². The number of aliphatic hydroxyl groups is 1. The van der Waals surface area contributed by atoms with Crippen LogP contribution in [0.5, 0.6) is 0 Å². The van der Waals surface area contributed by atoms with E-state index in [9.17, 15) is 9.90 Å². The lowest BCUT2D eigenvalue weighted by molar-refractivity contribution is -0.119. The molecule has 0 radical (unpaired) electrons. The quantitative estimate of drug-likeness (QED) is 0.827. The van der Waals surface area contributed by atoms with Gasteiger partial charge in [-0.25, -0.2) is 0 Å². The molecule has 4 aliphatic carbocycles. The average Bonchev–Trinajstić information content (AvgIpc) is 2.81. The summed E-state index contributed by atoms with van der Waals surface area (Å²) in [6, 6.07) is -0.213. The van der Waals surface area contributed by atoms with Gasteiger partial charge in [0.2, 0.25) is 5.91 Å². The molecule has 5 fully saturated rings. The summed E-state index contributed by atoms with van der Waals surface area (Å²) < 4.78 is 5.56. The maximum Gasteiger partial charge on any atom is 0.230 e. The van der Waals surface area contributed by atoms with Crippen molar-refractivity contribution in [3.05, 3.63) is 0 Å². The molecule has 5 aliphatic rings. The SMILES string of the molecule is O=C(CSC12CC3CC(CC(C3)C1)C2)N[C@H]1COC[C@@H]1O. The van der Waals surface area contributed by atoms with E-state index in [1.165, 1.54) is 38.5 Å². The number of hydrogen-bond acceptors (Lipinski definition) is 4. The lowest BCUT2D eigenvalue weighted by Crippen LogP contribution is -2.49.